The molecule has 1 aromatic carbocycles. The van der Waals surface area contributed by atoms with E-state index >= 15 is 0 Å². The van der Waals surface area contributed by atoms with Gasteiger partial charge in [0.15, 0.2) is 0 Å². The quantitative estimate of drug-likeness (QED) is 0.796. The van der Waals surface area contributed by atoms with E-state index in [0.29, 0.717) is 0 Å². The first-order valence-corrected chi connectivity index (χ1v) is 6.50. The maximum absolute atomic E-state index is 10.3. The van der Waals surface area contributed by atoms with Crippen LogP contribution >= 0.6 is 0 Å². The molecule has 0 amide bonds. The molecule has 1 N–H and O–H groups in total. The first-order chi connectivity index (χ1) is 9.25. The molecule has 0 atom stereocenters. The minimum atomic E-state index is -0.722. The summed E-state index contributed by atoms with van der Waals surface area (Å²) < 4.78 is 0. The number of carboxylic acid groups (broad SMARTS) is 1. The smallest absolute Gasteiger partial charge is 0.303 e. The van der Waals surface area contributed by atoms with Crippen LogP contribution in [0.3, 0.4) is 0 Å². The minimum Gasteiger partial charge on any atom is -0.481 e. The van der Waals surface area contributed by atoms with Gasteiger partial charge in [0.1, 0.15) is 0 Å². The standard InChI is InChI=1S/C16H17NO2/c18-16(19)10-4-2-1-3-8-14-12-11-13-7-5-6-9-15(13)17-14/h3,5-9,11-12H,1-2,4,10H2,(H,18,19)/b8-3+. The third-order valence-corrected chi connectivity index (χ3v) is 2.92. The number of para-hydroxylation sites is 1. The largest absolute Gasteiger partial charge is 0.481 e. The average Bonchev–Trinajstić information content (AvgIpc) is 2.42. The summed E-state index contributed by atoms with van der Waals surface area (Å²) in [6, 6.07) is 12.1. The molecule has 2 rings (SSSR count). The highest BCUT2D eigenvalue weighted by molar-refractivity contribution is 5.79. The van der Waals surface area contributed by atoms with Gasteiger partial charge in [-0.1, -0.05) is 30.3 Å². The minimum absolute atomic E-state index is 0.252. The molecule has 0 aliphatic rings. The molecule has 98 valence electrons. The molecule has 3 nitrogen and oxygen atoms in total. The van der Waals surface area contributed by atoms with Gasteiger partial charge in [-0.2, -0.15) is 0 Å². The molecule has 0 aliphatic heterocycles. The van der Waals surface area contributed by atoms with E-state index in [1.807, 2.05) is 36.4 Å². The number of benzene rings is 1. The van der Waals surface area contributed by atoms with Crippen molar-refractivity contribution in [2.24, 2.45) is 0 Å². The van der Waals surface area contributed by atoms with Crippen molar-refractivity contribution in [2.45, 2.75) is 25.7 Å². The molecule has 0 radical (unpaired) electrons. The van der Waals surface area contributed by atoms with Crippen LogP contribution in [0.25, 0.3) is 17.0 Å². The molecule has 1 aromatic heterocycles. The van der Waals surface area contributed by atoms with Gasteiger partial charge in [0.25, 0.3) is 0 Å². The molecule has 3 heteroatoms. The van der Waals surface area contributed by atoms with Crippen LogP contribution in [0.1, 0.15) is 31.4 Å². The number of rotatable bonds is 6. The zero-order chi connectivity index (χ0) is 13.5. The number of carbonyl (C=O) groups is 1. The van der Waals surface area contributed by atoms with Gasteiger partial charge in [-0.3, -0.25) is 4.79 Å². The summed E-state index contributed by atoms with van der Waals surface area (Å²) in [5.74, 6) is -0.722. The maximum Gasteiger partial charge on any atom is 0.303 e. The Kier molecular flexibility index (Phi) is 4.67. The van der Waals surface area contributed by atoms with E-state index in [1.165, 1.54) is 0 Å². The van der Waals surface area contributed by atoms with E-state index in [9.17, 15) is 4.79 Å². The van der Waals surface area contributed by atoms with Crippen LogP contribution < -0.4 is 0 Å². The highest BCUT2D eigenvalue weighted by atomic mass is 16.4. The Morgan fingerprint density at radius 2 is 2.00 bits per heavy atom. The Hall–Kier alpha value is -2.16. The van der Waals surface area contributed by atoms with Gasteiger partial charge in [-0.05, 0) is 37.5 Å². The summed E-state index contributed by atoms with van der Waals surface area (Å²) in [6.07, 6.45) is 6.82. The fourth-order valence-electron chi connectivity index (χ4n) is 1.92. The highest BCUT2D eigenvalue weighted by Crippen LogP contribution is 2.13. The third-order valence-electron chi connectivity index (χ3n) is 2.92. The highest BCUT2D eigenvalue weighted by Gasteiger charge is 1.96. The molecule has 1 heterocycles. The van der Waals surface area contributed by atoms with Gasteiger partial charge in [0.05, 0.1) is 11.2 Å². The molecule has 2 aromatic rings. The Labute approximate surface area is 112 Å². The number of carboxylic acids is 1. The topological polar surface area (TPSA) is 50.2 Å². The lowest BCUT2D eigenvalue weighted by atomic mass is 10.1. The summed E-state index contributed by atoms with van der Waals surface area (Å²) >= 11 is 0. The van der Waals surface area contributed by atoms with Crippen LogP contribution in [0.4, 0.5) is 0 Å². The van der Waals surface area contributed by atoms with Crippen molar-refractivity contribution in [2.75, 3.05) is 0 Å². The van der Waals surface area contributed by atoms with Gasteiger partial charge < -0.3 is 5.11 Å². The van der Waals surface area contributed by atoms with Gasteiger partial charge in [-0.15, -0.1) is 0 Å². The van der Waals surface area contributed by atoms with E-state index in [0.717, 1.165) is 35.9 Å². The van der Waals surface area contributed by atoms with Crippen LogP contribution in [0, 0.1) is 0 Å². The van der Waals surface area contributed by atoms with E-state index in [4.69, 9.17) is 5.11 Å². The van der Waals surface area contributed by atoms with Gasteiger partial charge in [-0.25, -0.2) is 4.98 Å². The number of hydrogen-bond acceptors (Lipinski definition) is 2. The molecule has 0 saturated carbocycles. The van der Waals surface area contributed by atoms with Crippen LogP contribution in [-0.2, 0) is 4.79 Å². The van der Waals surface area contributed by atoms with Crippen LogP contribution in [0.2, 0.25) is 0 Å². The molecule has 0 bridgehead atoms. The number of aliphatic carboxylic acids is 1. The second-order valence-corrected chi connectivity index (χ2v) is 4.47. The SMILES string of the molecule is O=C(O)CCCC/C=C/c1ccc2ccccc2n1. The second kappa shape index (κ2) is 6.69. The van der Waals surface area contributed by atoms with Crippen molar-refractivity contribution >= 4 is 22.9 Å². The lowest BCUT2D eigenvalue weighted by molar-refractivity contribution is -0.137. The fourth-order valence-corrected chi connectivity index (χ4v) is 1.92. The Morgan fingerprint density at radius 3 is 2.84 bits per heavy atom. The maximum atomic E-state index is 10.3. The predicted octanol–water partition coefficient (Wildman–Crippen LogP) is 3.89. The zero-order valence-electron chi connectivity index (χ0n) is 10.7. The monoisotopic (exact) mass is 255 g/mol. The van der Waals surface area contributed by atoms with Gasteiger partial charge in [0, 0.05) is 11.8 Å². The molecule has 19 heavy (non-hydrogen) atoms. The summed E-state index contributed by atoms with van der Waals surface area (Å²) in [5, 5.41) is 9.66. The summed E-state index contributed by atoms with van der Waals surface area (Å²) in [4.78, 5) is 14.9. The molecular weight excluding hydrogens is 238 g/mol. The van der Waals surface area contributed by atoms with Crippen LogP contribution in [0.15, 0.2) is 42.5 Å². The number of aromatic nitrogens is 1. The van der Waals surface area contributed by atoms with E-state index in [2.05, 4.69) is 17.1 Å². The molecule has 0 fully saturated rings. The molecule has 0 aliphatic carbocycles. The van der Waals surface area contributed by atoms with E-state index in [-0.39, 0.29) is 6.42 Å². The van der Waals surface area contributed by atoms with Crippen molar-refractivity contribution in [1.82, 2.24) is 4.98 Å². The van der Waals surface area contributed by atoms with Crippen molar-refractivity contribution < 1.29 is 9.90 Å². The lowest BCUT2D eigenvalue weighted by Crippen LogP contribution is -1.92. The summed E-state index contributed by atoms with van der Waals surface area (Å²) in [7, 11) is 0. The summed E-state index contributed by atoms with van der Waals surface area (Å²) in [5.41, 5.74) is 1.94. The number of pyridine rings is 1. The normalized spacial score (nSPS) is 11.2. The number of nitrogens with zero attached hydrogens (tertiary/aromatic N) is 1. The summed E-state index contributed by atoms with van der Waals surface area (Å²) in [6.45, 7) is 0. The Balaban J connectivity index is 1.88. The van der Waals surface area contributed by atoms with Crippen molar-refractivity contribution in [1.29, 1.82) is 0 Å². The number of hydrogen-bond donors (Lipinski definition) is 1. The molecule has 0 spiro atoms. The Morgan fingerprint density at radius 1 is 1.16 bits per heavy atom. The van der Waals surface area contributed by atoms with Crippen molar-refractivity contribution in [3.8, 4) is 0 Å². The number of allylic oxidation sites excluding steroid dienone is 1. The first-order valence-electron chi connectivity index (χ1n) is 6.50. The van der Waals surface area contributed by atoms with Gasteiger partial charge in [0.2, 0.25) is 0 Å². The molecule has 0 unspecified atom stereocenters. The predicted molar refractivity (Wildman–Crippen MR) is 76.9 cm³/mol. The van der Waals surface area contributed by atoms with E-state index < -0.39 is 5.97 Å². The fraction of sp³-hybridized carbons (Fsp3) is 0.250. The second-order valence-electron chi connectivity index (χ2n) is 4.47. The van der Waals surface area contributed by atoms with Crippen molar-refractivity contribution in [3.05, 3.63) is 48.2 Å². The third kappa shape index (κ3) is 4.21. The van der Waals surface area contributed by atoms with Gasteiger partial charge >= 0.3 is 5.97 Å². The lowest BCUT2D eigenvalue weighted by Gasteiger charge is -1.98. The van der Waals surface area contributed by atoms with E-state index in [1.54, 1.807) is 0 Å². The van der Waals surface area contributed by atoms with Crippen molar-refractivity contribution in [3.63, 3.8) is 0 Å². The molecular formula is C16H17NO2. The van der Waals surface area contributed by atoms with Crippen LogP contribution in [-0.4, -0.2) is 16.1 Å². The Bertz CT molecular complexity index is 590. The first kappa shape index (κ1) is 13.3. The zero-order valence-corrected chi connectivity index (χ0v) is 10.7. The average molecular weight is 255 g/mol. The molecule has 0 saturated heterocycles. The number of unbranched alkanes of at least 4 members (excludes halogenated alkanes) is 2. The van der Waals surface area contributed by atoms with Crippen LogP contribution in [0.5, 0.6) is 0 Å². The number of fused-ring (bicyclic) bond motifs is 1.